The van der Waals surface area contributed by atoms with Crippen molar-refractivity contribution in [2.45, 2.75) is 19.1 Å². The van der Waals surface area contributed by atoms with Crippen LogP contribution in [0.3, 0.4) is 0 Å². The fourth-order valence-electron chi connectivity index (χ4n) is 1.60. The summed E-state index contributed by atoms with van der Waals surface area (Å²) in [4.78, 5) is 1.00. The minimum absolute atomic E-state index is 0.0354. The number of benzene rings is 1. The van der Waals surface area contributed by atoms with E-state index in [1.165, 1.54) is 12.1 Å². The molecule has 2 atom stereocenters. The topological polar surface area (TPSA) is 35.2 Å². The number of hydrogen-bond donors (Lipinski definition) is 1. The van der Waals surface area contributed by atoms with Crippen molar-refractivity contribution in [2.75, 3.05) is 0 Å². The highest BCUT2D eigenvalue weighted by Crippen LogP contribution is 2.32. The largest absolute Gasteiger partial charge is 0.483 e. The molecule has 102 valence electrons. The third kappa shape index (κ3) is 3.69. The average Bonchev–Trinajstić information content (AvgIpc) is 2.76. The Balaban J connectivity index is 2.23. The second-order valence-corrected chi connectivity index (χ2v) is 6.41. The first-order chi connectivity index (χ1) is 8.97. The molecule has 0 bridgehead atoms. The molecule has 0 saturated heterocycles. The maximum Gasteiger partial charge on any atom is 0.148 e. The maximum absolute atomic E-state index is 13.1. The first-order valence-electron chi connectivity index (χ1n) is 5.58. The van der Waals surface area contributed by atoms with Gasteiger partial charge in [-0.25, -0.2) is 4.39 Å². The fourth-order valence-corrected chi connectivity index (χ4v) is 3.36. The van der Waals surface area contributed by atoms with E-state index >= 15 is 0 Å². The Kier molecular flexibility index (Phi) is 4.84. The zero-order chi connectivity index (χ0) is 14.0. The van der Waals surface area contributed by atoms with E-state index in [2.05, 4.69) is 15.9 Å². The molecule has 0 amide bonds. The Morgan fingerprint density at radius 1 is 1.42 bits per heavy atom. The first-order valence-corrected chi connectivity index (χ1v) is 7.63. The van der Waals surface area contributed by atoms with Gasteiger partial charge in [-0.05, 0) is 41.1 Å². The zero-order valence-electron chi connectivity index (χ0n) is 10.1. The molecular weight excluding hydrogens is 353 g/mol. The molecule has 2 rings (SSSR count). The van der Waals surface area contributed by atoms with E-state index in [1.54, 1.807) is 17.4 Å². The van der Waals surface area contributed by atoms with Gasteiger partial charge in [-0.15, -0.1) is 11.3 Å². The van der Waals surface area contributed by atoms with Crippen molar-refractivity contribution in [3.8, 4) is 5.75 Å². The van der Waals surface area contributed by atoms with Gasteiger partial charge in [0, 0.05) is 26.8 Å². The number of thiophene rings is 1. The second kappa shape index (κ2) is 6.22. The molecule has 0 radical (unpaired) electrons. The van der Waals surface area contributed by atoms with Crippen LogP contribution < -0.4 is 10.5 Å². The molecule has 0 spiro atoms. The van der Waals surface area contributed by atoms with E-state index in [9.17, 15) is 4.39 Å². The molecule has 0 fully saturated rings. The summed E-state index contributed by atoms with van der Waals surface area (Å²) in [6.07, 6.45) is -0.294. The molecule has 2 N–H and O–H groups in total. The molecule has 0 aliphatic heterocycles. The predicted molar refractivity (Wildman–Crippen MR) is 80.4 cm³/mol. The summed E-state index contributed by atoms with van der Waals surface area (Å²) in [7, 11) is 0. The van der Waals surface area contributed by atoms with Crippen LogP contribution in [0.25, 0.3) is 0 Å². The monoisotopic (exact) mass is 363 g/mol. The number of rotatable bonds is 4. The predicted octanol–water partition coefficient (Wildman–Crippen LogP) is 4.77. The van der Waals surface area contributed by atoms with E-state index in [0.29, 0.717) is 5.75 Å². The normalized spacial score (nSPS) is 14.2. The Bertz CT molecular complexity index is 576. The van der Waals surface area contributed by atoms with Gasteiger partial charge in [-0.2, -0.15) is 0 Å². The summed E-state index contributed by atoms with van der Waals surface area (Å²) in [5.41, 5.74) is 5.95. The van der Waals surface area contributed by atoms with Crippen LogP contribution in [0.5, 0.6) is 5.75 Å². The molecule has 1 aromatic heterocycles. The molecule has 6 heteroatoms. The van der Waals surface area contributed by atoms with Gasteiger partial charge in [0.15, 0.2) is 0 Å². The second-order valence-electron chi connectivity index (χ2n) is 4.14. The number of halogens is 3. The smallest absolute Gasteiger partial charge is 0.148 e. The number of nitrogens with two attached hydrogens (primary N) is 1. The van der Waals surface area contributed by atoms with Gasteiger partial charge < -0.3 is 10.5 Å². The van der Waals surface area contributed by atoms with E-state index in [-0.39, 0.29) is 17.2 Å². The van der Waals surface area contributed by atoms with Crippen molar-refractivity contribution in [3.63, 3.8) is 0 Å². The Hall–Kier alpha value is -0.620. The van der Waals surface area contributed by atoms with Gasteiger partial charge in [0.2, 0.25) is 0 Å². The Morgan fingerprint density at radius 3 is 2.68 bits per heavy atom. The SMILES string of the molecule is CC(N)C(Oc1ccc(F)c(Cl)c1)c1cc(Br)cs1. The van der Waals surface area contributed by atoms with Gasteiger partial charge in [-0.1, -0.05) is 11.6 Å². The molecule has 2 nitrogen and oxygen atoms in total. The third-order valence-corrected chi connectivity index (χ3v) is 4.54. The first kappa shape index (κ1) is 14.8. The summed E-state index contributed by atoms with van der Waals surface area (Å²) in [5, 5.41) is 2.00. The summed E-state index contributed by atoms with van der Waals surface area (Å²) in [6.45, 7) is 1.86. The fraction of sp³-hybridized carbons (Fsp3) is 0.231. The van der Waals surface area contributed by atoms with Crippen LogP contribution in [0.1, 0.15) is 17.9 Å². The third-order valence-electron chi connectivity index (χ3n) is 2.50. The van der Waals surface area contributed by atoms with Crippen molar-refractivity contribution in [2.24, 2.45) is 5.73 Å². The number of hydrogen-bond acceptors (Lipinski definition) is 3. The minimum Gasteiger partial charge on any atom is -0.483 e. The zero-order valence-corrected chi connectivity index (χ0v) is 13.2. The van der Waals surface area contributed by atoms with Gasteiger partial charge in [0.1, 0.15) is 17.7 Å². The molecule has 0 aliphatic rings. The van der Waals surface area contributed by atoms with Gasteiger partial charge in [0.25, 0.3) is 0 Å². The summed E-state index contributed by atoms with van der Waals surface area (Å²) >= 11 is 10.7. The Morgan fingerprint density at radius 2 is 2.16 bits per heavy atom. The molecule has 2 unspecified atom stereocenters. The highest BCUT2D eigenvalue weighted by molar-refractivity contribution is 9.10. The highest BCUT2D eigenvalue weighted by Gasteiger charge is 2.20. The molecule has 1 heterocycles. The Labute approximate surface area is 128 Å². The quantitative estimate of drug-likeness (QED) is 0.848. The lowest BCUT2D eigenvalue weighted by Gasteiger charge is -2.21. The lowest BCUT2D eigenvalue weighted by atomic mass is 10.1. The van der Waals surface area contributed by atoms with Crippen molar-refractivity contribution >= 4 is 38.9 Å². The molecule has 0 aliphatic carbocycles. The maximum atomic E-state index is 13.1. The standard InChI is InChI=1S/C13H12BrClFNOS/c1-7(17)13(12-4-8(14)6-19-12)18-9-2-3-11(16)10(15)5-9/h2-7,13H,17H2,1H3. The van der Waals surface area contributed by atoms with Crippen LogP contribution in [0.2, 0.25) is 5.02 Å². The minimum atomic E-state index is -0.467. The lowest BCUT2D eigenvalue weighted by Crippen LogP contribution is -2.28. The van der Waals surface area contributed by atoms with Crippen molar-refractivity contribution in [3.05, 3.63) is 49.8 Å². The van der Waals surface area contributed by atoms with Gasteiger partial charge in [-0.3, -0.25) is 0 Å². The average molecular weight is 365 g/mol. The van der Waals surface area contributed by atoms with Crippen LogP contribution in [-0.2, 0) is 0 Å². The van der Waals surface area contributed by atoms with E-state index in [4.69, 9.17) is 22.1 Å². The molecule has 1 aromatic carbocycles. The van der Waals surface area contributed by atoms with Crippen LogP contribution in [0.15, 0.2) is 34.1 Å². The molecule has 19 heavy (non-hydrogen) atoms. The summed E-state index contributed by atoms with van der Waals surface area (Å²) < 4.78 is 19.9. The van der Waals surface area contributed by atoms with E-state index < -0.39 is 5.82 Å². The van der Waals surface area contributed by atoms with Crippen molar-refractivity contribution < 1.29 is 9.13 Å². The molecular formula is C13H12BrClFNOS. The van der Waals surface area contributed by atoms with E-state index in [1.807, 2.05) is 18.4 Å². The lowest BCUT2D eigenvalue weighted by molar-refractivity contribution is 0.184. The van der Waals surface area contributed by atoms with Crippen LogP contribution in [0, 0.1) is 5.82 Å². The van der Waals surface area contributed by atoms with Crippen molar-refractivity contribution in [1.29, 1.82) is 0 Å². The molecule has 0 saturated carbocycles. The van der Waals surface area contributed by atoms with Gasteiger partial charge in [0.05, 0.1) is 5.02 Å². The van der Waals surface area contributed by atoms with Crippen LogP contribution >= 0.6 is 38.9 Å². The van der Waals surface area contributed by atoms with Gasteiger partial charge >= 0.3 is 0 Å². The summed E-state index contributed by atoms with van der Waals surface area (Å²) in [6, 6.07) is 6.03. The van der Waals surface area contributed by atoms with E-state index in [0.717, 1.165) is 9.35 Å². The van der Waals surface area contributed by atoms with Crippen LogP contribution in [0.4, 0.5) is 4.39 Å². The summed E-state index contributed by atoms with van der Waals surface area (Å²) in [5.74, 6) is 0.0310. The van der Waals surface area contributed by atoms with Crippen LogP contribution in [-0.4, -0.2) is 6.04 Å². The number of ether oxygens (including phenoxy) is 1. The highest BCUT2D eigenvalue weighted by atomic mass is 79.9. The molecule has 2 aromatic rings. The van der Waals surface area contributed by atoms with Crippen molar-refractivity contribution in [1.82, 2.24) is 0 Å².